The van der Waals surface area contributed by atoms with E-state index in [1.54, 1.807) is 0 Å². The molecular formula is C18H28N2. The van der Waals surface area contributed by atoms with E-state index in [4.69, 9.17) is 0 Å². The quantitative estimate of drug-likeness (QED) is 0.832. The predicted octanol–water partition coefficient (Wildman–Crippen LogP) is 3.38. The molecule has 2 fully saturated rings. The molecule has 2 heteroatoms. The minimum atomic E-state index is 0.873. The van der Waals surface area contributed by atoms with Crippen LogP contribution in [-0.4, -0.2) is 42.0 Å². The van der Waals surface area contributed by atoms with Crippen LogP contribution >= 0.6 is 0 Å². The fourth-order valence-corrected chi connectivity index (χ4v) is 3.86. The van der Waals surface area contributed by atoms with E-state index in [9.17, 15) is 0 Å². The molecule has 3 rings (SSSR count). The SMILES string of the molecule is CC1CCCC(N2CCN(Cc3ccccc3)CC2)C1. The van der Waals surface area contributed by atoms with E-state index in [1.165, 1.54) is 57.4 Å². The molecule has 0 bridgehead atoms. The molecule has 0 N–H and O–H groups in total. The van der Waals surface area contributed by atoms with Crippen molar-refractivity contribution in [1.29, 1.82) is 0 Å². The Bertz CT molecular complexity index is 395. The van der Waals surface area contributed by atoms with Gasteiger partial charge < -0.3 is 0 Å². The van der Waals surface area contributed by atoms with Crippen LogP contribution in [0.3, 0.4) is 0 Å². The van der Waals surface area contributed by atoms with Crippen LogP contribution < -0.4 is 0 Å². The first kappa shape index (κ1) is 14.1. The molecule has 0 aromatic heterocycles. The maximum atomic E-state index is 2.76. The van der Waals surface area contributed by atoms with E-state index in [0.717, 1.165) is 18.5 Å². The molecule has 2 aliphatic rings. The number of hydrogen-bond donors (Lipinski definition) is 0. The summed E-state index contributed by atoms with van der Waals surface area (Å²) in [5.41, 5.74) is 1.45. The summed E-state index contributed by atoms with van der Waals surface area (Å²) < 4.78 is 0. The maximum Gasteiger partial charge on any atom is 0.0234 e. The van der Waals surface area contributed by atoms with Gasteiger partial charge in [-0.1, -0.05) is 50.1 Å². The van der Waals surface area contributed by atoms with Crippen LogP contribution in [0.5, 0.6) is 0 Å². The van der Waals surface area contributed by atoms with Gasteiger partial charge in [0.1, 0.15) is 0 Å². The summed E-state index contributed by atoms with van der Waals surface area (Å²) in [6.45, 7) is 8.56. The molecule has 1 saturated carbocycles. The van der Waals surface area contributed by atoms with Gasteiger partial charge in [-0.25, -0.2) is 0 Å². The zero-order valence-electron chi connectivity index (χ0n) is 12.8. The van der Waals surface area contributed by atoms with E-state index in [0.29, 0.717) is 0 Å². The van der Waals surface area contributed by atoms with Gasteiger partial charge in [-0.15, -0.1) is 0 Å². The normalized spacial score (nSPS) is 29.4. The van der Waals surface area contributed by atoms with Crippen molar-refractivity contribution in [3.05, 3.63) is 35.9 Å². The second-order valence-corrected chi connectivity index (χ2v) is 6.72. The molecule has 1 aliphatic carbocycles. The van der Waals surface area contributed by atoms with E-state index in [1.807, 2.05) is 0 Å². The highest BCUT2D eigenvalue weighted by Crippen LogP contribution is 2.28. The highest BCUT2D eigenvalue weighted by atomic mass is 15.3. The van der Waals surface area contributed by atoms with Crippen LogP contribution in [0.2, 0.25) is 0 Å². The Labute approximate surface area is 123 Å². The average molecular weight is 272 g/mol. The molecule has 0 spiro atoms. The Morgan fingerprint density at radius 3 is 2.45 bits per heavy atom. The molecule has 1 aliphatic heterocycles. The first-order chi connectivity index (χ1) is 9.81. The van der Waals surface area contributed by atoms with Gasteiger partial charge in [-0.2, -0.15) is 0 Å². The fraction of sp³-hybridized carbons (Fsp3) is 0.667. The van der Waals surface area contributed by atoms with E-state index < -0.39 is 0 Å². The lowest BCUT2D eigenvalue weighted by Gasteiger charge is -2.42. The first-order valence-electron chi connectivity index (χ1n) is 8.31. The largest absolute Gasteiger partial charge is 0.298 e. The third-order valence-corrected chi connectivity index (χ3v) is 5.08. The van der Waals surface area contributed by atoms with E-state index in [-0.39, 0.29) is 0 Å². The van der Waals surface area contributed by atoms with Gasteiger partial charge in [0, 0.05) is 38.8 Å². The van der Waals surface area contributed by atoms with Gasteiger partial charge in [0.25, 0.3) is 0 Å². The van der Waals surface area contributed by atoms with Crippen molar-refractivity contribution in [3.63, 3.8) is 0 Å². The summed E-state index contributed by atoms with van der Waals surface area (Å²) in [5, 5.41) is 0. The van der Waals surface area contributed by atoms with Crippen molar-refractivity contribution in [3.8, 4) is 0 Å². The molecule has 2 atom stereocenters. The zero-order valence-corrected chi connectivity index (χ0v) is 12.8. The lowest BCUT2D eigenvalue weighted by molar-refractivity contribution is 0.0659. The molecule has 110 valence electrons. The summed E-state index contributed by atoms with van der Waals surface area (Å²) in [6, 6.07) is 11.8. The average Bonchev–Trinajstić information content (AvgIpc) is 2.49. The van der Waals surface area contributed by atoms with Crippen molar-refractivity contribution >= 4 is 0 Å². The highest BCUT2D eigenvalue weighted by Gasteiger charge is 2.27. The molecule has 2 unspecified atom stereocenters. The van der Waals surface area contributed by atoms with Gasteiger partial charge in [0.2, 0.25) is 0 Å². The van der Waals surface area contributed by atoms with Crippen LogP contribution in [0.25, 0.3) is 0 Å². The van der Waals surface area contributed by atoms with Crippen LogP contribution in [0.4, 0.5) is 0 Å². The standard InChI is InChI=1S/C18H28N2/c1-16-6-5-9-18(14-16)20-12-10-19(11-13-20)15-17-7-3-2-4-8-17/h2-4,7-8,16,18H,5-6,9-15H2,1H3. The summed E-state index contributed by atoms with van der Waals surface area (Å²) >= 11 is 0. The number of benzene rings is 1. The van der Waals surface area contributed by atoms with Crippen LogP contribution in [0.1, 0.15) is 38.2 Å². The second-order valence-electron chi connectivity index (χ2n) is 6.72. The van der Waals surface area contributed by atoms with Gasteiger partial charge >= 0.3 is 0 Å². The Morgan fingerprint density at radius 1 is 1.00 bits per heavy atom. The van der Waals surface area contributed by atoms with Crippen molar-refractivity contribution in [2.45, 2.75) is 45.2 Å². The molecule has 1 saturated heterocycles. The number of rotatable bonds is 3. The lowest BCUT2D eigenvalue weighted by atomic mass is 9.86. The smallest absolute Gasteiger partial charge is 0.0234 e. The summed E-state index contributed by atoms with van der Waals surface area (Å²) in [7, 11) is 0. The third kappa shape index (κ3) is 3.62. The Hall–Kier alpha value is -0.860. The van der Waals surface area contributed by atoms with Gasteiger partial charge in [0.05, 0.1) is 0 Å². The molecular weight excluding hydrogens is 244 g/mol. The Kier molecular flexibility index (Phi) is 4.74. The minimum Gasteiger partial charge on any atom is -0.298 e. The van der Waals surface area contributed by atoms with Crippen molar-refractivity contribution in [2.75, 3.05) is 26.2 Å². The van der Waals surface area contributed by atoms with Crippen LogP contribution in [-0.2, 0) is 6.54 Å². The number of hydrogen-bond acceptors (Lipinski definition) is 2. The van der Waals surface area contributed by atoms with E-state index in [2.05, 4.69) is 47.1 Å². The van der Waals surface area contributed by atoms with Crippen LogP contribution in [0.15, 0.2) is 30.3 Å². The summed E-state index contributed by atoms with van der Waals surface area (Å²) in [4.78, 5) is 5.37. The molecule has 2 nitrogen and oxygen atoms in total. The van der Waals surface area contributed by atoms with Crippen molar-refractivity contribution in [1.82, 2.24) is 9.80 Å². The van der Waals surface area contributed by atoms with E-state index >= 15 is 0 Å². The topological polar surface area (TPSA) is 6.48 Å². The number of piperazine rings is 1. The maximum absolute atomic E-state index is 2.76. The molecule has 1 heterocycles. The third-order valence-electron chi connectivity index (χ3n) is 5.08. The molecule has 0 amide bonds. The van der Waals surface area contributed by atoms with Crippen LogP contribution in [0, 0.1) is 5.92 Å². The van der Waals surface area contributed by atoms with Gasteiger partial charge in [0.15, 0.2) is 0 Å². The summed E-state index contributed by atoms with van der Waals surface area (Å²) in [5.74, 6) is 0.941. The van der Waals surface area contributed by atoms with Crippen molar-refractivity contribution in [2.24, 2.45) is 5.92 Å². The molecule has 20 heavy (non-hydrogen) atoms. The lowest BCUT2D eigenvalue weighted by Crippen LogP contribution is -2.50. The van der Waals surface area contributed by atoms with Gasteiger partial charge in [-0.05, 0) is 24.3 Å². The Morgan fingerprint density at radius 2 is 1.75 bits per heavy atom. The number of nitrogens with zero attached hydrogens (tertiary/aromatic N) is 2. The fourth-order valence-electron chi connectivity index (χ4n) is 3.86. The first-order valence-corrected chi connectivity index (χ1v) is 8.31. The molecule has 1 aromatic rings. The molecule has 1 aromatic carbocycles. The van der Waals surface area contributed by atoms with Crippen molar-refractivity contribution < 1.29 is 0 Å². The molecule has 0 radical (unpaired) electrons. The zero-order chi connectivity index (χ0) is 13.8. The summed E-state index contributed by atoms with van der Waals surface area (Å²) in [6.07, 6.45) is 5.75. The second kappa shape index (κ2) is 6.73. The monoisotopic (exact) mass is 272 g/mol. The van der Waals surface area contributed by atoms with Gasteiger partial charge in [-0.3, -0.25) is 9.80 Å². The minimum absolute atomic E-state index is 0.873. The predicted molar refractivity (Wildman–Crippen MR) is 84.7 cm³/mol. The Balaban J connectivity index is 1.47. The highest BCUT2D eigenvalue weighted by molar-refractivity contribution is 5.14.